The highest BCUT2D eigenvalue weighted by molar-refractivity contribution is 9.10. The fourth-order valence-electron chi connectivity index (χ4n) is 2.28. The van der Waals surface area contributed by atoms with E-state index < -0.39 is 0 Å². The fourth-order valence-corrected chi connectivity index (χ4v) is 2.75. The van der Waals surface area contributed by atoms with Crippen molar-refractivity contribution in [2.45, 2.75) is 13.0 Å². The summed E-state index contributed by atoms with van der Waals surface area (Å²) in [5.41, 5.74) is 1.03. The average Bonchev–Trinajstić information content (AvgIpc) is 2.89. The van der Waals surface area contributed by atoms with Crippen molar-refractivity contribution in [3.63, 3.8) is 0 Å². The summed E-state index contributed by atoms with van der Waals surface area (Å²) >= 11 is 3.54. The number of aromatic amines is 1. The highest BCUT2D eigenvalue weighted by atomic mass is 79.9. The lowest BCUT2D eigenvalue weighted by Crippen LogP contribution is -2.49. The van der Waals surface area contributed by atoms with Gasteiger partial charge in [-0.25, -0.2) is 0 Å². The zero-order chi connectivity index (χ0) is 13.2. The van der Waals surface area contributed by atoms with Gasteiger partial charge in [0.05, 0.1) is 0 Å². The molecule has 3 rings (SSSR count). The minimum Gasteiger partial charge on any atom is -0.337 e. The first-order valence-electron chi connectivity index (χ1n) is 6.39. The van der Waals surface area contributed by atoms with Crippen molar-refractivity contribution in [3.8, 4) is 11.4 Å². The van der Waals surface area contributed by atoms with Crippen molar-refractivity contribution in [2.75, 3.05) is 24.5 Å². The van der Waals surface area contributed by atoms with Crippen LogP contribution in [-0.2, 0) is 0 Å². The SMILES string of the molecule is C[C@@H]1CN(c2n[nH]c(-c3ccccc3Br)n2)CCN1. The summed E-state index contributed by atoms with van der Waals surface area (Å²) in [5, 5.41) is 10.8. The van der Waals surface area contributed by atoms with E-state index in [4.69, 9.17) is 0 Å². The Morgan fingerprint density at radius 2 is 2.21 bits per heavy atom. The predicted octanol–water partition coefficient (Wildman–Crippen LogP) is 2.03. The first-order chi connectivity index (χ1) is 9.24. The molecule has 0 bridgehead atoms. The minimum absolute atomic E-state index is 0.471. The molecule has 0 unspecified atom stereocenters. The van der Waals surface area contributed by atoms with Gasteiger partial charge in [0.2, 0.25) is 5.95 Å². The van der Waals surface area contributed by atoms with Crippen LogP contribution in [0.25, 0.3) is 11.4 Å². The highest BCUT2D eigenvalue weighted by Crippen LogP contribution is 2.26. The molecule has 1 aliphatic rings. The van der Waals surface area contributed by atoms with E-state index in [1.54, 1.807) is 0 Å². The molecule has 1 atom stereocenters. The number of hydrogen-bond donors (Lipinski definition) is 2. The van der Waals surface area contributed by atoms with Crippen molar-refractivity contribution in [1.82, 2.24) is 20.5 Å². The van der Waals surface area contributed by atoms with Crippen LogP contribution in [0.5, 0.6) is 0 Å². The van der Waals surface area contributed by atoms with E-state index in [1.807, 2.05) is 24.3 Å². The number of hydrogen-bond acceptors (Lipinski definition) is 4. The van der Waals surface area contributed by atoms with Crippen molar-refractivity contribution in [2.24, 2.45) is 0 Å². The van der Waals surface area contributed by atoms with Gasteiger partial charge < -0.3 is 10.2 Å². The van der Waals surface area contributed by atoms with E-state index in [0.717, 1.165) is 41.4 Å². The Balaban J connectivity index is 1.85. The molecule has 5 nitrogen and oxygen atoms in total. The van der Waals surface area contributed by atoms with Gasteiger partial charge in [0.15, 0.2) is 5.82 Å². The van der Waals surface area contributed by atoms with Crippen LogP contribution in [0, 0.1) is 0 Å². The van der Waals surface area contributed by atoms with Crippen LogP contribution in [0.1, 0.15) is 6.92 Å². The molecule has 0 amide bonds. The molecule has 1 aromatic heterocycles. The number of benzene rings is 1. The van der Waals surface area contributed by atoms with E-state index in [9.17, 15) is 0 Å². The van der Waals surface area contributed by atoms with Crippen molar-refractivity contribution >= 4 is 21.9 Å². The van der Waals surface area contributed by atoms with E-state index in [2.05, 4.69) is 48.3 Å². The lowest BCUT2D eigenvalue weighted by molar-refractivity contribution is 0.480. The molecule has 1 aliphatic heterocycles. The molecule has 2 aromatic rings. The number of rotatable bonds is 2. The Morgan fingerprint density at radius 1 is 1.37 bits per heavy atom. The highest BCUT2D eigenvalue weighted by Gasteiger charge is 2.19. The summed E-state index contributed by atoms with van der Waals surface area (Å²) in [5.74, 6) is 1.58. The first kappa shape index (κ1) is 12.6. The van der Waals surface area contributed by atoms with Gasteiger partial charge >= 0.3 is 0 Å². The molecule has 0 spiro atoms. The number of nitrogens with one attached hydrogen (secondary N) is 2. The molecule has 19 heavy (non-hydrogen) atoms. The molecular weight excluding hydrogens is 306 g/mol. The van der Waals surface area contributed by atoms with Crippen LogP contribution in [0.3, 0.4) is 0 Å². The van der Waals surface area contributed by atoms with E-state index >= 15 is 0 Å². The molecular formula is C13H16BrN5. The standard InChI is InChI=1S/C13H16BrN5/c1-9-8-19(7-6-15-9)13-16-12(17-18-13)10-4-2-3-5-11(10)14/h2-5,9,15H,6-8H2,1H3,(H,16,17,18)/t9-/m1/s1. The molecule has 0 aliphatic carbocycles. The monoisotopic (exact) mass is 321 g/mol. The molecule has 0 saturated carbocycles. The second-order valence-electron chi connectivity index (χ2n) is 4.77. The van der Waals surface area contributed by atoms with Crippen molar-refractivity contribution in [3.05, 3.63) is 28.7 Å². The summed E-state index contributed by atoms with van der Waals surface area (Å²) < 4.78 is 1.02. The van der Waals surface area contributed by atoms with Gasteiger partial charge in [0.25, 0.3) is 0 Å². The molecule has 6 heteroatoms. The number of halogens is 1. The quantitative estimate of drug-likeness (QED) is 0.888. The van der Waals surface area contributed by atoms with Crippen LogP contribution in [0.2, 0.25) is 0 Å². The first-order valence-corrected chi connectivity index (χ1v) is 7.19. The number of H-pyrrole nitrogens is 1. The Morgan fingerprint density at radius 3 is 3.00 bits per heavy atom. The molecule has 2 N–H and O–H groups in total. The zero-order valence-electron chi connectivity index (χ0n) is 10.7. The van der Waals surface area contributed by atoms with Gasteiger partial charge in [-0.2, -0.15) is 4.98 Å². The maximum Gasteiger partial charge on any atom is 0.245 e. The van der Waals surface area contributed by atoms with E-state index in [-0.39, 0.29) is 0 Å². The largest absolute Gasteiger partial charge is 0.337 e. The number of piperazine rings is 1. The van der Waals surface area contributed by atoms with Crippen LogP contribution in [0.4, 0.5) is 5.95 Å². The van der Waals surface area contributed by atoms with Crippen LogP contribution in [-0.4, -0.2) is 40.9 Å². The Kier molecular flexibility index (Phi) is 3.52. The van der Waals surface area contributed by atoms with Crippen molar-refractivity contribution in [1.29, 1.82) is 0 Å². The molecule has 1 aromatic carbocycles. The molecule has 0 radical (unpaired) electrons. The Hall–Kier alpha value is -1.40. The minimum atomic E-state index is 0.471. The average molecular weight is 322 g/mol. The van der Waals surface area contributed by atoms with Gasteiger partial charge in [-0.15, -0.1) is 5.10 Å². The van der Waals surface area contributed by atoms with Crippen molar-refractivity contribution < 1.29 is 0 Å². The second-order valence-corrected chi connectivity index (χ2v) is 5.62. The van der Waals surface area contributed by atoms with Gasteiger partial charge in [-0.3, -0.25) is 5.10 Å². The number of nitrogens with zero attached hydrogens (tertiary/aromatic N) is 3. The lowest BCUT2D eigenvalue weighted by atomic mass is 10.2. The third-order valence-electron chi connectivity index (χ3n) is 3.25. The number of anilines is 1. The molecule has 100 valence electrons. The Labute approximate surface area is 120 Å². The molecule has 1 fully saturated rings. The number of aromatic nitrogens is 3. The molecule has 1 saturated heterocycles. The summed E-state index contributed by atoms with van der Waals surface area (Å²) in [6, 6.07) is 8.48. The summed E-state index contributed by atoms with van der Waals surface area (Å²) in [6.45, 7) is 5.03. The maximum atomic E-state index is 4.60. The van der Waals surface area contributed by atoms with Crippen LogP contribution in [0.15, 0.2) is 28.7 Å². The summed E-state index contributed by atoms with van der Waals surface area (Å²) in [7, 11) is 0. The second kappa shape index (κ2) is 5.30. The van der Waals surface area contributed by atoms with Gasteiger partial charge in [-0.05, 0) is 13.0 Å². The summed E-state index contributed by atoms with van der Waals surface area (Å²) in [6.07, 6.45) is 0. The molecule has 2 heterocycles. The van der Waals surface area contributed by atoms with Gasteiger partial charge in [-0.1, -0.05) is 34.1 Å². The normalized spacial score (nSPS) is 19.7. The topological polar surface area (TPSA) is 56.8 Å². The van der Waals surface area contributed by atoms with Gasteiger partial charge in [0, 0.05) is 35.7 Å². The van der Waals surface area contributed by atoms with E-state index in [1.165, 1.54) is 0 Å². The third-order valence-corrected chi connectivity index (χ3v) is 3.95. The van der Waals surface area contributed by atoms with Gasteiger partial charge in [0.1, 0.15) is 0 Å². The lowest BCUT2D eigenvalue weighted by Gasteiger charge is -2.30. The fraction of sp³-hybridized carbons (Fsp3) is 0.385. The Bertz CT molecular complexity index is 568. The predicted molar refractivity (Wildman–Crippen MR) is 79.2 cm³/mol. The van der Waals surface area contributed by atoms with E-state index in [0.29, 0.717) is 6.04 Å². The van der Waals surface area contributed by atoms with Crippen LogP contribution < -0.4 is 10.2 Å². The summed E-state index contributed by atoms with van der Waals surface area (Å²) in [4.78, 5) is 6.81. The van der Waals surface area contributed by atoms with Crippen LogP contribution >= 0.6 is 15.9 Å². The smallest absolute Gasteiger partial charge is 0.245 e. The zero-order valence-corrected chi connectivity index (χ0v) is 12.3. The third kappa shape index (κ3) is 2.64. The maximum absolute atomic E-state index is 4.60.